The molecule has 0 rings (SSSR count). The van der Waals surface area contributed by atoms with Crippen molar-refractivity contribution in [3.63, 3.8) is 0 Å². The standard InChI is InChI=1S/C5H5NO3/c1-2-5(7)9-4-8-3-6/h2H,1,4H2. The van der Waals surface area contributed by atoms with Gasteiger partial charge in [-0.3, -0.25) is 0 Å². The molecule has 0 heterocycles. The fourth-order valence-electron chi connectivity index (χ4n) is 0.173. The van der Waals surface area contributed by atoms with Crippen molar-refractivity contribution in [3.05, 3.63) is 12.7 Å². The zero-order valence-electron chi connectivity index (χ0n) is 4.66. The van der Waals surface area contributed by atoms with Gasteiger partial charge in [0.1, 0.15) is 0 Å². The first-order chi connectivity index (χ1) is 4.31. The van der Waals surface area contributed by atoms with E-state index in [2.05, 4.69) is 16.1 Å². The SMILES string of the molecule is C=CC(=O)OCOC#N. The van der Waals surface area contributed by atoms with E-state index >= 15 is 0 Å². The van der Waals surface area contributed by atoms with Crippen LogP contribution in [0.5, 0.6) is 0 Å². The molecule has 0 aliphatic carbocycles. The van der Waals surface area contributed by atoms with Gasteiger partial charge in [0.2, 0.25) is 6.79 Å². The molecule has 0 aliphatic rings. The second-order valence-corrected chi connectivity index (χ2v) is 1.02. The van der Waals surface area contributed by atoms with Gasteiger partial charge in [-0.15, -0.1) is 0 Å². The Hall–Kier alpha value is -1.50. The molecular formula is C5H5NO3. The van der Waals surface area contributed by atoms with Crippen molar-refractivity contribution in [2.45, 2.75) is 0 Å². The summed E-state index contributed by atoms with van der Waals surface area (Å²) >= 11 is 0. The van der Waals surface area contributed by atoms with E-state index in [9.17, 15) is 4.79 Å². The number of nitriles is 1. The maximum Gasteiger partial charge on any atom is 0.333 e. The number of ether oxygens (including phenoxy) is 2. The van der Waals surface area contributed by atoms with Crippen molar-refractivity contribution in [1.82, 2.24) is 0 Å². The van der Waals surface area contributed by atoms with Gasteiger partial charge >= 0.3 is 5.97 Å². The van der Waals surface area contributed by atoms with E-state index in [1.807, 2.05) is 0 Å². The van der Waals surface area contributed by atoms with Crippen molar-refractivity contribution >= 4 is 5.97 Å². The highest BCUT2D eigenvalue weighted by molar-refractivity contribution is 5.81. The zero-order chi connectivity index (χ0) is 7.11. The summed E-state index contributed by atoms with van der Waals surface area (Å²) in [5, 5.41) is 7.76. The number of rotatable bonds is 3. The summed E-state index contributed by atoms with van der Waals surface area (Å²) < 4.78 is 8.25. The summed E-state index contributed by atoms with van der Waals surface area (Å²) in [5.41, 5.74) is 0. The summed E-state index contributed by atoms with van der Waals surface area (Å²) in [4.78, 5) is 10.2. The normalized spacial score (nSPS) is 7.00. The van der Waals surface area contributed by atoms with Gasteiger partial charge in [0, 0.05) is 6.08 Å². The molecule has 48 valence electrons. The molecule has 0 fully saturated rings. The van der Waals surface area contributed by atoms with Gasteiger partial charge in [0.15, 0.2) is 0 Å². The molecule has 0 spiro atoms. The Bertz CT molecular complexity index is 147. The minimum absolute atomic E-state index is 0.346. The zero-order valence-corrected chi connectivity index (χ0v) is 4.66. The first kappa shape index (κ1) is 7.50. The summed E-state index contributed by atoms with van der Waals surface area (Å²) in [6.07, 6.45) is 2.32. The molecule has 0 saturated carbocycles. The number of nitrogens with zero attached hydrogens (tertiary/aromatic N) is 1. The van der Waals surface area contributed by atoms with E-state index in [1.165, 1.54) is 6.26 Å². The Balaban J connectivity index is 3.19. The van der Waals surface area contributed by atoms with E-state index in [4.69, 9.17) is 5.26 Å². The average molecular weight is 127 g/mol. The number of esters is 1. The maximum atomic E-state index is 10.2. The van der Waals surface area contributed by atoms with Crippen LogP contribution in [0, 0.1) is 11.5 Å². The molecule has 4 nitrogen and oxygen atoms in total. The van der Waals surface area contributed by atoms with Crippen LogP contribution in [0.15, 0.2) is 12.7 Å². The molecule has 0 aromatic rings. The molecule has 0 radical (unpaired) electrons. The number of hydrogen-bond donors (Lipinski definition) is 0. The Morgan fingerprint density at radius 3 is 3.00 bits per heavy atom. The van der Waals surface area contributed by atoms with Crippen molar-refractivity contribution in [2.75, 3.05) is 6.79 Å². The molecule has 9 heavy (non-hydrogen) atoms. The highest BCUT2D eigenvalue weighted by atomic mass is 16.7. The molecule has 0 aromatic carbocycles. The summed E-state index contributed by atoms with van der Waals surface area (Å²) in [6.45, 7) is 2.78. The van der Waals surface area contributed by atoms with Crippen molar-refractivity contribution < 1.29 is 14.3 Å². The maximum absolute atomic E-state index is 10.2. The molecule has 0 bridgehead atoms. The lowest BCUT2D eigenvalue weighted by molar-refractivity contribution is -0.145. The van der Waals surface area contributed by atoms with Crippen LogP contribution in [-0.4, -0.2) is 12.8 Å². The predicted octanol–water partition coefficient (Wildman–Crippen LogP) is 0.171. The van der Waals surface area contributed by atoms with Crippen LogP contribution in [0.25, 0.3) is 0 Å². The lowest BCUT2D eigenvalue weighted by Gasteiger charge is -1.94. The second-order valence-electron chi connectivity index (χ2n) is 1.02. The van der Waals surface area contributed by atoms with Gasteiger partial charge in [-0.25, -0.2) is 4.79 Å². The Labute approximate surface area is 52.3 Å². The molecular weight excluding hydrogens is 122 g/mol. The highest BCUT2D eigenvalue weighted by Crippen LogP contribution is 1.78. The highest BCUT2D eigenvalue weighted by Gasteiger charge is 1.91. The number of carbonyl (C=O) groups excluding carboxylic acids is 1. The van der Waals surface area contributed by atoms with Crippen molar-refractivity contribution in [1.29, 1.82) is 5.26 Å². The Morgan fingerprint density at radius 2 is 2.56 bits per heavy atom. The van der Waals surface area contributed by atoms with E-state index < -0.39 is 5.97 Å². The van der Waals surface area contributed by atoms with Crippen LogP contribution >= 0.6 is 0 Å². The van der Waals surface area contributed by atoms with E-state index in [0.717, 1.165) is 6.08 Å². The first-order valence-electron chi connectivity index (χ1n) is 2.11. The molecule has 0 aromatic heterocycles. The number of hydrogen-bond acceptors (Lipinski definition) is 4. The third-order valence-electron chi connectivity index (χ3n) is 0.491. The predicted molar refractivity (Wildman–Crippen MR) is 27.9 cm³/mol. The van der Waals surface area contributed by atoms with E-state index in [0.29, 0.717) is 0 Å². The molecule has 0 amide bonds. The quantitative estimate of drug-likeness (QED) is 0.178. The summed E-state index contributed by atoms with van der Waals surface area (Å²) in [5.74, 6) is -0.606. The Morgan fingerprint density at radius 1 is 1.89 bits per heavy atom. The molecule has 0 unspecified atom stereocenters. The van der Waals surface area contributed by atoms with Crippen LogP contribution in [0.4, 0.5) is 0 Å². The van der Waals surface area contributed by atoms with Crippen LogP contribution in [0.2, 0.25) is 0 Å². The topological polar surface area (TPSA) is 59.3 Å². The summed E-state index contributed by atoms with van der Waals surface area (Å²) in [7, 11) is 0. The molecule has 0 saturated heterocycles. The number of carbonyl (C=O) groups is 1. The lowest BCUT2D eigenvalue weighted by Crippen LogP contribution is -2.02. The van der Waals surface area contributed by atoms with Gasteiger partial charge in [-0.2, -0.15) is 5.26 Å². The fraction of sp³-hybridized carbons (Fsp3) is 0.200. The van der Waals surface area contributed by atoms with Crippen LogP contribution < -0.4 is 0 Å². The van der Waals surface area contributed by atoms with Crippen molar-refractivity contribution in [2.24, 2.45) is 0 Å². The van der Waals surface area contributed by atoms with Crippen LogP contribution in [-0.2, 0) is 14.3 Å². The third kappa shape index (κ3) is 4.35. The second kappa shape index (κ2) is 4.65. The molecule has 4 heteroatoms. The van der Waals surface area contributed by atoms with Crippen LogP contribution in [0.1, 0.15) is 0 Å². The Kier molecular flexibility index (Phi) is 3.88. The van der Waals surface area contributed by atoms with Gasteiger partial charge < -0.3 is 9.47 Å². The van der Waals surface area contributed by atoms with Gasteiger partial charge in [0.05, 0.1) is 0 Å². The first-order valence-corrected chi connectivity index (χ1v) is 2.11. The minimum atomic E-state index is -0.606. The van der Waals surface area contributed by atoms with Gasteiger partial charge in [-0.05, 0) is 0 Å². The van der Waals surface area contributed by atoms with Crippen LogP contribution in [0.3, 0.4) is 0 Å². The monoisotopic (exact) mass is 127 g/mol. The van der Waals surface area contributed by atoms with E-state index in [-0.39, 0.29) is 6.79 Å². The van der Waals surface area contributed by atoms with E-state index in [1.54, 1.807) is 0 Å². The fourth-order valence-corrected chi connectivity index (χ4v) is 0.173. The van der Waals surface area contributed by atoms with Gasteiger partial charge in [-0.1, -0.05) is 6.58 Å². The molecule has 0 atom stereocenters. The summed E-state index contributed by atoms with van der Waals surface area (Å²) in [6, 6.07) is 0. The lowest BCUT2D eigenvalue weighted by atomic mass is 10.7. The average Bonchev–Trinajstić information content (AvgIpc) is 1.89. The molecule has 0 aliphatic heterocycles. The molecule has 0 N–H and O–H groups in total. The smallest absolute Gasteiger partial charge is 0.333 e. The van der Waals surface area contributed by atoms with Crippen molar-refractivity contribution in [3.8, 4) is 6.26 Å². The third-order valence-corrected chi connectivity index (χ3v) is 0.491. The largest absolute Gasteiger partial charge is 0.424 e. The minimum Gasteiger partial charge on any atom is -0.424 e. The van der Waals surface area contributed by atoms with Gasteiger partial charge in [0.25, 0.3) is 6.26 Å².